The summed E-state index contributed by atoms with van der Waals surface area (Å²) in [5, 5.41) is 5.56. The minimum absolute atomic E-state index is 0.229. The highest BCUT2D eigenvalue weighted by atomic mass is 79.9. The third-order valence-electron chi connectivity index (χ3n) is 3.53. The maximum atomic E-state index is 12.5. The van der Waals surface area contributed by atoms with Crippen molar-refractivity contribution in [2.45, 2.75) is 19.8 Å². The molecule has 0 atom stereocenters. The van der Waals surface area contributed by atoms with Gasteiger partial charge in [0.1, 0.15) is 5.70 Å². The van der Waals surface area contributed by atoms with Gasteiger partial charge in [-0.15, -0.1) is 0 Å². The van der Waals surface area contributed by atoms with Crippen molar-refractivity contribution in [2.75, 3.05) is 6.54 Å². The number of unbranched alkanes of at least 4 members (excludes halogenated alkanes) is 1. The number of halogens is 1. The molecule has 0 bridgehead atoms. The summed E-state index contributed by atoms with van der Waals surface area (Å²) in [6.07, 6.45) is 3.56. The van der Waals surface area contributed by atoms with Crippen LogP contribution in [0.5, 0.6) is 0 Å². The fourth-order valence-corrected chi connectivity index (χ4v) is 2.41. The first-order chi connectivity index (χ1) is 12.1. The highest BCUT2D eigenvalue weighted by Crippen LogP contribution is 2.13. The molecule has 2 aromatic rings. The Balaban J connectivity index is 2.20. The number of benzene rings is 2. The summed E-state index contributed by atoms with van der Waals surface area (Å²) in [7, 11) is 0. The molecule has 130 valence electrons. The summed E-state index contributed by atoms with van der Waals surface area (Å²) in [4.78, 5) is 24.8. The van der Waals surface area contributed by atoms with Crippen LogP contribution in [0, 0.1) is 0 Å². The van der Waals surface area contributed by atoms with Crippen LogP contribution >= 0.6 is 15.9 Å². The minimum Gasteiger partial charge on any atom is -0.351 e. The molecule has 0 spiro atoms. The highest BCUT2D eigenvalue weighted by Gasteiger charge is 2.14. The maximum Gasteiger partial charge on any atom is 0.267 e. The summed E-state index contributed by atoms with van der Waals surface area (Å²) in [6, 6.07) is 16.4. The van der Waals surface area contributed by atoms with Gasteiger partial charge in [0, 0.05) is 16.6 Å². The zero-order valence-corrected chi connectivity index (χ0v) is 15.7. The van der Waals surface area contributed by atoms with Crippen LogP contribution in [0.1, 0.15) is 35.7 Å². The molecule has 0 aliphatic carbocycles. The smallest absolute Gasteiger partial charge is 0.267 e. The van der Waals surface area contributed by atoms with E-state index < -0.39 is 0 Å². The topological polar surface area (TPSA) is 58.2 Å². The van der Waals surface area contributed by atoms with Crippen LogP contribution in [0.25, 0.3) is 6.08 Å². The number of carbonyl (C=O) groups is 2. The van der Waals surface area contributed by atoms with Crippen LogP contribution < -0.4 is 10.6 Å². The summed E-state index contributed by atoms with van der Waals surface area (Å²) < 4.78 is 0.951. The fraction of sp³-hybridized carbons (Fsp3) is 0.200. The quantitative estimate of drug-likeness (QED) is 0.541. The van der Waals surface area contributed by atoms with E-state index in [1.54, 1.807) is 30.3 Å². The zero-order chi connectivity index (χ0) is 18.1. The molecule has 4 nitrogen and oxygen atoms in total. The Labute approximate surface area is 156 Å². The molecule has 0 unspecified atom stereocenters. The summed E-state index contributed by atoms with van der Waals surface area (Å²) in [6.45, 7) is 2.64. The predicted molar refractivity (Wildman–Crippen MR) is 104 cm³/mol. The normalized spacial score (nSPS) is 11.0. The van der Waals surface area contributed by atoms with Gasteiger partial charge < -0.3 is 10.6 Å². The van der Waals surface area contributed by atoms with Gasteiger partial charge in [-0.3, -0.25) is 9.59 Å². The molecule has 0 aliphatic rings. The first kappa shape index (κ1) is 18.9. The molecule has 0 saturated heterocycles. The highest BCUT2D eigenvalue weighted by molar-refractivity contribution is 9.10. The second-order valence-electron chi connectivity index (χ2n) is 5.54. The molecule has 2 amide bonds. The van der Waals surface area contributed by atoms with Crippen molar-refractivity contribution >= 4 is 33.8 Å². The number of nitrogens with one attached hydrogen (secondary N) is 2. The maximum absolute atomic E-state index is 12.5. The van der Waals surface area contributed by atoms with Gasteiger partial charge in [0.05, 0.1) is 0 Å². The van der Waals surface area contributed by atoms with E-state index in [9.17, 15) is 9.59 Å². The molecule has 2 aromatic carbocycles. The molecular formula is C20H21BrN2O2. The van der Waals surface area contributed by atoms with E-state index in [0.717, 1.165) is 22.9 Å². The number of rotatable bonds is 7. The first-order valence-electron chi connectivity index (χ1n) is 8.22. The van der Waals surface area contributed by atoms with Crippen LogP contribution in [0.15, 0.2) is 64.8 Å². The Kier molecular flexibility index (Phi) is 7.41. The van der Waals surface area contributed by atoms with Crippen LogP contribution in [-0.2, 0) is 4.79 Å². The van der Waals surface area contributed by atoms with E-state index in [1.165, 1.54) is 0 Å². The lowest BCUT2D eigenvalue weighted by Gasteiger charge is -2.11. The van der Waals surface area contributed by atoms with Crippen LogP contribution in [0.4, 0.5) is 0 Å². The molecule has 2 rings (SSSR count). The van der Waals surface area contributed by atoms with Gasteiger partial charge in [-0.1, -0.05) is 59.6 Å². The molecule has 5 heteroatoms. The molecule has 2 N–H and O–H groups in total. The van der Waals surface area contributed by atoms with Crippen LogP contribution in [-0.4, -0.2) is 18.4 Å². The molecule has 0 saturated carbocycles. The predicted octanol–water partition coefficient (Wildman–Crippen LogP) is 4.14. The minimum atomic E-state index is -0.311. The molecule has 0 heterocycles. The lowest BCUT2D eigenvalue weighted by atomic mass is 10.1. The summed E-state index contributed by atoms with van der Waals surface area (Å²) >= 11 is 3.38. The van der Waals surface area contributed by atoms with Crippen molar-refractivity contribution in [2.24, 2.45) is 0 Å². The standard InChI is InChI=1S/C20H21BrN2O2/c1-2-3-13-22-20(25)18(14-15-9-11-17(21)12-10-15)23-19(24)16-7-5-4-6-8-16/h4-12,14H,2-3,13H2,1H3,(H,22,25)(H,23,24)/b18-14-. The van der Waals surface area contributed by atoms with E-state index in [0.29, 0.717) is 12.1 Å². The van der Waals surface area contributed by atoms with Gasteiger partial charge in [-0.2, -0.15) is 0 Å². The number of carbonyl (C=O) groups excluding carboxylic acids is 2. The third kappa shape index (κ3) is 6.19. The second-order valence-corrected chi connectivity index (χ2v) is 6.45. The van der Waals surface area contributed by atoms with Gasteiger partial charge in [0.15, 0.2) is 0 Å². The van der Waals surface area contributed by atoms with E-state index in [4.69, 9.17) is 0 Å². The molecule has 25 heavy (non-hydrogen) atoms. The number of amides is 2. The average molecular weight is 401 g/mol. The van der Waals surface area contributed by atoms with Gasteiger partial charge in [-0.25, -0.2) is 0 Å². The Hall–Kier alpha value is -2.40. The number of hydrogen-bond donors (Lipinski definition) is 2. The van der Waals surface area contributed by atoms with E-state index >= 15 is 0 Å². The van der Waals surface area contributed by atoms with E-state index in [1.807, 2.05) is 30.3 Å². The second kappa shape index (κ2) is 9.79. The SMILES string of the molecule is CCCCNC(=O)/C(=C/c1ccc(Br)cc1)NC(=O)c1ccccc1. The van der Waals surface area contributed by atoms with Gasteiger partial charge in [0.25, 0.3) is 11.8 Å². The fourth-order valence-electron chi connectivity index (χ4n) is 2.14. The van der Waals surface area contributed by atoms with Crippen molar-refractivity contribution in [3.63, 3.8) is 0 Å². The Morgan fingerprint density at radius 3 is 2.36 bits per heavy atom. The van der Waals surface area contributed by atoms with E-state index in [-0.39, 0.29) is 17.5 Å². The van der Waals surface area contributed by atoms with Crippen molar-refractivity contribution in [3.8, 4) is 0 Å². The number of hydrogen-bond acceptors (Lipinski definition) is 2. The molecule has 0 aliphatic heterocycles. The van der Waals surface area contributed by atoms with Crippen molar-refractivity contribution in [1.29, 1.82) is 0 Å². The van der Waals surface area contributed by atoms with Gasteiger partial charge in [0.2, 0.25) is 0 Å². The molecule has 0 aromatic heterocycles. The summed E-state index contributed by atoms with van der Waals surface area (Å²) in [5.41, 5.74) is 1.56. The van der Waals surface area contributed by atoms with Crippen molar-refractivity contribution in [1.82, 2.24) is 10.6 Å². The third-order valence-corrected chi connectivity index (χ3v) is 4.05. The zero-order valence-electron chi connectivity index (χ0n) is 14.1. The molecule has 0 radical (unpaired) electrons. The lowest BCUT2D eigenvalue weighted by molar-refractivity contribution is -0.117. The molecular weight excluding hydrogens is 380 g/mol. The van der Waals surface area contributed by atoms with Crippen LogP contribution in [0.3, 0.4) is 0 Å². The van der Waals surface area contributed by atoms with Gasteiger partial charge >= 0.3 is 0 Å². The average Bonchev–Trinajstić information content (AvgIpc) is 2.63. The first-order valence-corrected chi connectivity index (χ1v) is 9.01. The Bertz CT molecular complexity index is 740. The summed E-state index contributed by atoms with van der Waals surface area (Å²) in [5.74, 6) is -0.602. The monoisotopic (exact) mass is 400 g/mol. The van der Waals surface area contributed by atoms with Crippen molar-refractivity contribution < 1.29 is 9.59 Å². The molecule has 0 fully saturated rings. The van der Waals surface area contributed by atoms with E-state index in [2.05, 4.69) is 33.5 Å². The Morgan fingerprint density at radius 2 is 1.72 bits per heavy atom. The van der Waals surface area contributed by atoms with Crippen molar-refractivity contribution in [3.05, 3.63) is 75.9 Å². The van der Waals surface area contributed by atoms with Gasteiger partial charge in [-0.05, 0) is 42.3 Å². The largest absolute Gasteiger partial charge is 0.351 e. The van der Waals surface area contributed by atoms with Crippen LogP contribution in [0.2, 0.25) is 0 Å². The Morgan fingerprint density at radius 1 is 1.04 bits per heavy atom. The lowest BCUT2D eigenvalue weighted by Crippen LogP contribution is -2.35.